The van der Waals surface area contributed by atoms with Gasteiger partial charge in [0, 0.05) is 0 Å². The molecule has 0 aliphatic heterocycles. The van der Waals surface area contributed by atoms with Gasteiger partial charge in [0.15, 0.2) is 0 Å². The third kappa shape index (κ3) is 7.00. The average molecular weight is 257 g/mol. The van der Waals surface area contributed by atoms with E-state index in [2.05, 4.69) is 19.1 Å². The summed E-state index contributed by atoms with van der Waals surface area (Å²) in [6, 6.07) is 23.3. The van der Waals surface area contributed by atoms with Gasteiger partial charge < -0.3 is 0 Å². The number of hydrogen-bond donors (Lipinski definition) is 0. The summed E-state index contributed by atoms with van der Waals surface area (Å²) >= 11 is 0. The van der Waals surface area contributed by atoms with Gasteiger partial charge >= 0.3 is 32.7 Å². The van der Waals surface area contributed by atoms with E-state index in [1.54, 1.807) is 0 Å². The standard InChI is InChI=1S/C7H7.C6H5.Y/c1-7-5-3-2-4-6-7;1-2-4-6-5-3-1;/h3-6H,1H3;1-5H;/q2*-1;+3. The Bertz CT molecular complexity index is 276. The Morgan fingerprint density at radius 2 is 1.29 bits per heavy atom. The minimum Gasteiger partial charge on any atom is -0.184 e. The molecule has 1 heteroatoms. The predicted molar refractivity (Wildman–Crippen MR) is 55.3 cm³/mol. The summed E-state index contributed by atoms with van der Waals surface area (Å²) < 4.78 is 0. The molecule has 0 saturated carbocycles. The summed E-state index contributed by atoms with van der Waals surface area (Å²) in [6.45, 7) is 2.06. The second-order valence-corrected chi connectivity index (χ2v) is 2.65. The molecule has 0 aliphatic carbocycles. The van der Waals surface area contributed by atoms with Crippen molar-refractivity contribution in [3.05, 3.63) is 72.3 Å². The molecule has 0 unspecified atom stereocenters. The molecular weight excluding hydrogens is 245 g/mol. The molecule has 0 fully saturated rings. The van der Waals surface area contributed by atoms with E-state index in [0.717, 1.165) is 0 Å². The molecule has 0 atom stereocenters. The third-order valence-electron chi connectivity index (χ3n) is 1.49. The maximum atomic E-state index is 2.93. The van der Waals surface area contributed by atoms with Crippen molar-refractivity contribution in [2.75, 3.05) is 0 Å². The molecule has 0 N–H and O–H groups in total. The van der Waals surface area contributed by atoms with Crippen LogP contribution in [-0.2, 0) is 32.7 Å². The fourth-order valence-corrected chi connectivity index (χ4v) is 0.812. The van der Waals surface area contributed by atoms with Crippen molar-refractivity contribution in [3.63, 3.8) is 0 Å². The van der Waals surface area contributed by atoms with Gasteiger partial charge in [-0.25, -0.2) is 0 Å². The van der Waals surface area contributed by atoms with E-state index in [1.807, 2.05) is 54.6 Å². The maximum Gasteiger partial charge on any atom is 3.00 e. The second kappa shape index (κ2) is 9.11. The molecular formula is C13H12Y+. The second-order valence-electron chi connectivity index (χ2n) is 2.65. The van der Waals surface area contributed by atoms with Crippen LogP contribution >= 0.6 is 0 Å². The molecule has 0 bridgehead atoms. The van der Waals surface area contributed by atoms with Crippen LogP contribution in [0.4, 0.5) is 0 Å². The van der Waals surface area contributed by atoms with Crippen LogP contribution in [0.3, 0.4) is 0 Å². The molecule has 2 rings (SSSR count). The molecule has 0 aliphatic rings. The normalized spacial score (nSPS) is 7.79. The van der Waals surface area contributed by atoms with E-state index in [1.165, 1.54) is 5.56 Å². The summed E-state index contributed by atoms with van der Waals surface area (Å²) in [4.78, 5) is 0. The molecule has 0 spiro atoms. The topological polar surface area (TPSA) is 0 Å². The van der Waals surface area contributed by atoms with Crippen LogP contribution in [0.1, 0.15) is 5.56 Å². The van der Waals surface area contributed by atoms with E-state index >= 15 is 0 Å². The first-order valence-corrected chi connectivity index (χ1v) is 4.23. The Labute approximate surface area is 111 Å². The Hall–Kier alpha value is -0.456. The number of aryl methyl sites for hydroxylation is 1. The van der Waals surface area contributed by atoms with Gasteiger partial charge in [-0.3, -0.25) is 0 Å². The fraction of sp³-hybridized carbons (Fsp3) is 0.0769. The van der Waals surface area contributed by atoms with E-state index < -0.39 is 0 Å². The van der Waals surface area contributed by atoms with Crippen molar-refractivity contribution >= 4 is 0 Å². The molecule has 2 aromatic rings. The van der Waals surface area contributed by atoms with Crippen molar-refractivity contribution < 1.29 is 32.7 Å². The number of rotatable bonds is 0. The van der Waals surface area contributed by atoms with Gasteiger partial charge in [-0.2, -0.15) is 72.3 Å². The molecule has 2 aromatic carbocycles. The van der Waals surface area contributed by atoms with Crippen LogP contribution in [-0.4, -0.2) is 0 Å². The van der Waals surface area contributed by atoms with E-state index in [4.69, 9.17) is 0 Å². The first-order valence-electron chi connectivity index (χ1n) is 4.23. The molecule has 14 heavy (non-hydrogen) atoms. The summed E-state index contributed by atoms with van der Waals surface area (Å²) in [7, 11) is 0. The van der Waals surface area contributed by atoms with Gasteiger partial charge in [0.05, 0.1) is 0 Å². The molecule has 0 saturated heterocycles. The molecule has 0 radical (unpaired) electrons. The molecule has 0 amide bonds. The van der Waals surface area contributed by atoms with Crippen molar-refractivity contribution in [1.82, 2.24) is 0 Å². The minimum absolute atomic E-state index is 0. The molecule has 0 heterocycles. The Morgan fingerprint density at radius 3 is 1.50 bits per heavy atom. The van der Waals surface area contributed by atoms with Gasteiger partial charge in [-0.05, 0) is 0 Å². The first-order chi connectivity index (χ1) is 6.39. The third-order valence-corrected chi connectivity index (χ3v) is 1.49. The van der Waals surface area contributed by atoms with Crippen molar-refractivity contribution in [3.8, 4) is 0 Å². The smallest absolute Gasteiger partial charge is 0.184 e. The van der Waals surface area contributed by atoms with E-state index in [-0.39, 0.29) is 32.7 Å². The summed E-state index contributed by atoms with van der Waals surface area (Å²) in [6.07, 6.45) is 0. The van der Waals surface area contributed by atoms with Crippen LogP contribution < -0.4 is 0 Å². The van der Waals surface area contributed by atoms with Crippen molar-refractivity contribution in [1.29, 1.82) is 0 Å². The van der Waals surface area contributed by atoms with Crippen LogP contribution in [0.2, 0.25) is 0 Å². The zero-order chi connectivity index (χ0) is 9.36. The van der Waals surface area contributed by atoms with Crippen LogP contribution in [0.5, 0.6) is 0 Å². The first kappa shape index (κ1) is 13.5. The Kier molecular flexibility index (Phi) is 8.82. The predicted octanol–water partition coefficient (Wildman–Crippen LogP) is 3.28. The molecule has 66 valence electrons. The van der Waals surface area contributed by atoms with E-state index in [0.29, 0.717) is 0 Å². The van der Waals surface area contributed by atoms with Gasteiger partial charge in [0.2, 0.25) is 0 Å². The quantitative estimate of drug-likeness (QED) is 0.635. The SMILES string of the molecule is Cc1cc[c-]cc1.[Y+3].[c-]1ccccc1. The van der Waals surface area contributed by atoms with Crippen molar-refractivity contribution in [2.45, 2.75) is 6.92 Å². The van der Waals surface area contributed by atoms with Crippen LogP contribution in [0.25, 0.3) is 0 Å². The number of hydrogen-bond acceptors (Lipinski definition) is 0. The summed E-state index contributed by atoms with van der Waals surface area (Å²) in [5, 5.41) is 0. The Balaban J connectivity index is 0.000000227. The average Bonchev–Trinajstić information content (AvgIpc) is 2.22. The number of benzene rings is 2. The van der Waals surface area contributed by atoms with Crippen molar-refractivity contribution in [2.24, 2.45) is 0 Å². The zero-order valence-corrected chi connectivity index (χ0v) is 11.1. The van der Waals surface area contributed by atoms with Crippen LogP contribution in [0.15, 0.2) is 54.6 Å². The summed E-state index contributed by atoms with van der Waals surface area (Å²) in [5.41, 5.74) is 1.29. The maximum absolute atomic E-state index is 2.93. The van der Waals surface area contributed by atoms with Gasteiger partial charge in [0.1, 0.15) is 0 Å². The Morgan fingerprint density at radius 1 is 0.786 bits per heavy atom. The largest absolute Gasteiger partial charge is 3.00 e. The monoisotopic (exact) mass is 257 g/mol. The van der Waals surface area contributed by atoms with E-state index in [9.17, 15) is 0 Å². The fourth-order valence-electron chi connectivity index (χ4n) is 0.812. The van der Waals surface area contributed by atoms with Gasteiger partial charge in [-0.1, -0.05) is 6.92 Å². The van der Waals surface area contributed by atoms with Crippen LogP contribution in [0, 0.1) is 19.1 Å². The van der Waals surface area contributed by atoms with Gasteiger partial charge in [0.25, 0.3) is 0 Å². The molecule has 0 nitrogen and oxygen atoms in total. The molecule has 0 aromatic heterocycles. The van der Waals surface area contributed by atoms with Gasteiger partial charge in [-0.15, -0.1) is 0 Å². The summed E-state index contributed by atoms with van der Waals surface area (Å²) in [5.74, 6) is 0. The minimum atomic E-state index is 0. The zero-order valence-electron chi connectivity index (χ0n) is 8.27.